The number of aliphatic hydroxyl groups is 1. The summed E-state index contributed by atoms with van der Waals surface area (Å²) in [5.41, 5.74) is -3.31. The molecule has 1 saturated heterocycles. The maximum Gasteiger partial charge on any atom is 0.425 e. The molecule has 0 aromatic carbocycles. The molecule has 2 unspecified atom stereocenters. The average molecular weight is 337 g/mol. The van der Waals surface area contributed by atoms with Crippen LogP contribution in [0.2, 0.25) is 0 Å². The van der Waals surface area contributed by atoms with E-state index in [4.69, 9.17) is 4.42 Å². The molecule has 2 heterocycles. The molecule has 1 aliphatic heterocycles. The summed E-state index contributed by atoms with van der Waals surface area (Å²) in [6, 6.07) is 2.22. The van der Waals surface area contributed by atoms with Crippen LogP contribution in [-0.2, 0) is 10.4 Å². The minimum Gasteiger partial charge on any atom is -0.463 e. The van der Waals surface area contributed by atoms with Crippen molar-refractivity contribution in [3.05, 3.63) is 23.7 Å². The van der Waals surface area contributed by atoms with Gasteiger partial charge in [-0.1, -0.05) is 0 Å². The van der Waals surface area contributed by atoms with Gasteiger partial charge in [-0.15, -0.1) is 0 Å². The second-order valence-corrected chi connectivity index (χ2v) is 6.58. The van der Waals surface area contributed by atoms with Gasteiger partial charge in [0.2, 0.25) is 11.5 Å². The smallest absolute Gasteiger partial charge is 0.425 e. The lowest BCUT2D eigenvalue weighted by Gasteiger charge is -2.29. The van der Waals surface area contributed by atoms with Gasteiger partial charge in [-0.3, -0.25) is 4.79 Å². The van der Waals surface area contributed by atoms with E-state index in [1.165, 1.54) is 13.0 Å². The topological polar surface area (TPSA) is 62.5 Å². The number of carbonyl (C=O) groups is 1. The van der Waals surface area contributed by atoms with Gasteiger partial charge in [0, 0.05) is 11.8 Å². The Labute approximate surface area is 130 Å². The largest absolute Gasteiger partial charge is 0.463 e. The number of carbonyl (C=O) groups excluding carboxylic acids is 1. The van der Waals surface area contributed by atoms with Crippen molar-refractivity contribution in [3.8, 4) is 0 Å². The Bertz CT molecular complexity index is 526. The molecule has 4 nitrogen and oxygen atoms in total. The van der Waals surface area contributed by atoms with Crippen molar-refractivity contribution in [2.24, 2.45) is 0 Å². The van der Waals surface area contributed by atoms with Crippen molar-refractivity contribution in [3.63, 3.8) is 0 Å². The summed E-state index contributed by atoms with van der Waals surface area (Å²) < 4.78 is 44.6. The summed E-state index contributed by atoms with van der Waals surface area (Å²) in [5, 5.41) is 12.6. The van der Waals surface area contributed by atoms with E-state index in [0.29, 0.717) is 5.75 Å². The van der Waals surface area contributed by atoms with E-state index < -0.39 is 29.9 Å². The standard InChI is InChI=1S/C14H18F3NO3S/c1-9-4-5-11(21-9)13(20,14(15,16)17)7-12(19)18-10-3-2-6-22-8-10/h4-5,10,20H,2-3,6-8H2,1H3,(H,18,19). The average Bonchev–Trinajstić information content (AvgIpc) is 2.85. The maximum atomic E-state index is 13.2. The van der Waals surface area contributed by atoms with Crippen LogP contribution < -0.4 is 5.32 Å². The summed E-state index contributed by atoms with van der Waals surface area (Å²) in [6.07, 6.45) is -4.46. The second kappa shape index (κ2) is 6.54. The molecule has 1 amide bonds. The fourth-order valence-electron chi connectivity index (χ4n) is 2.35. The van der Waals surface area contributed by atoms with Gasteiger partial charge in [-0.2, -0.15) is 24.9 Å². The molecule has 2 atom stereocenters. The minimum atomic E-state index is -5.00. The summed E-state index contributed by atoms with van der Waals surface area (Å²) in [4.78, 5) is 11.9. The van der Waals surface area contributed by atoms with Crippen LogP contribution in [0.15, 0.2) is 16.5 Å². The Hall–Kier alpha value is -1.15. The third-order valence-corrected chi connectivity index (χ3v) is 4.77. The Balaban J connectivity index is 2.11. The Morgan fingerprint density at radius 1 is 1.50 bits per heavy atom. The lowest BCUT2D eigenvalue weighted by Crippen LogP contribution is -2.48. The number of alkyl halides is 3. The van der Waals surface area contributed by atoms with E-state index in [0.717, 1.165) is 24.7 Å². The number of aryl methyl sites for hydroxylation is 1. The highest BCUT2D eigenvalue weighted by molar-refractivity contribution is 7.99. The number of hydrogen-bond acceptors (Lipinski definition) is 4. The number of nitrogens with one attached hydrogen (secondary N) is 1. The first kappa shape index (κ1) is 17.2. The quantitative estimate of drug-likeness (QED) is 0.887. The molecule has 0 saturated carbocycles. The summed E-state index contributed by atoms with van der Waals surface area (Å²) in [5.74, 6) is 0.412. The molecule has 1 fully saturated rings. The van der Waals surface area contributed by atoms with Crippen LogP contribution in [0.25, 0.3) is 0 Å². The molecule has 1 aromatic heterocycles. The van der Waals surface area contributed by atoms with Crippen molar-refractivity contribution < 1.29 is 27.5 Å². The zero-order valence-corrected chi connectivity index (χ0v) is 12.9. The van der Waals surface area contributed by atoms with Gasteiger partial charge in [0.25, 0.3) is 0 Å². The highest BCUT2D eigenvalue weighted by Gasteiger charge is 2.58. The summed E-state index contributed by atoms with van der Waals surface area (Å²) in [6.45, 7) is 1.47. The molecule has 8 heteroatoms. The van der Waals surface area contributed by atoms with Gasteiger partial charge in [-0.25, -0.2) is 0 Å². The van der Waals surface area contributed by atoms with Crippen LogP contribution in [0.1, 0.15) is 30.8 Å². The Morgan fingerprint density at radius 2 is 2.23 bits per heavy atom. The molecule has 22 heavy (non-hydrogen) atoms. The van der Waals surface area contributed by atoms with Gasteiger partial charge < -0.3 is 14.8 Å². The number of amides is 1. The molecule has 0 radical (unpaired) electrons. The zero-order chi connectivity index (χ0) is 16.4. The van der Waals surface area contributed by atoms with Crippen LogP contribution in [0.5, 0.6) is 0 Å². The summed E-state index contributed by atoms with van der Waals surface area (Å²) in [7, 11) is 0. The van der Waals surface area contributed by atoms with Gasteiger partial charge in [-0.05, 0) is 37.7 Å². The first-order valence-electron chi connectivity index (χ1n) is 6.95. The zero-order valence-electron chi connectivity index (χ0n) is 12.1. The number of halogens is 3. The van der Waals surface area contributed by atoms with Gasteiger partial charge in [0.15, 0.2) is 0 Å². The van der Waals surface area contributed by atoms with E-state index in [1.54, 1.807) is 11.8 Å². The lowest BCUT2D eigenvalue weighted by atomic mass is 9.95. The maximum absolute atomic E-state index is 13.2. The number of thioether (sulfide) groups is 1. The first-order valence-corrected chi connectivity index (χ1v) is 8.11. The van der Waals surface area contributed by atoms with Gasteiger partial charge in [0.05, 0.1) is 6.42 Å². The van der Waals surface area contributed by atoms with Crippen LogP contribution >= 0.6 is 11.8 Å². The SMILES string of the molecule is Cc1ccc(C(O)(CC(=O)NC2CCCSC2)C(F)(F)F)o1. The predicted molar refractivity (Wildman–Crippen MR) is 76.5 cm³/mol. The highest BCUT2D eigenvalue weighted by Crippen LogP contribution is 2.42. The highest BCUT2D eigenvalue weighted by atomic mass is 32.2. The van der Waals surface area contributed by atoms with Crippen molar-refractivity contribution in [2.75, 3.05) is 11.5 Å². The molecule has 124 valence electrons. The fourth-order valence-corrected chi connectivity index (χ4v) is 3.42. The van der Waals surface area contributed by atoms with Gasteiger partial charge >= 0.3 is 6.18 Å². The molecule has 2 rings (SSSR count). The number of furan rings is 1. The Kier molecular flexibility index (Phi) is 5.11. The van der Waals surface area contributed by atoms with Crippen LogP contribution in [0.3, 0.4) is 0 Å². The van der Waals surface area contributed by atoms with Crippen molar-refractivity contribution in [1.82, 2.24) is 5.32 Å². The molecular formula is C14H18F3NO3S. The number of rotatable bonds is 4. The molecule has 0 spiro atoms. The normalized spacial score (nSPS) is 22.1. The molecule has 0 aliphatic carbocycles. The van der Waals surface area contributed by atoms with Crippen LogP contribution in [-0.4, -0.2) is 34.7 Å². The minimum absolute atomic E-state index is 0.151. The third-order valence-electron chi connectivity index (χ3n) is 3.56. The monoisotopic (exact) mass is 337 g/mol. The van der Waals surface area contributed by atoms with Crippen molar-refractivity contribution >= 4 is 17.7 Å². The lowest BCUT2D eigenvalue weighted by molar-refractivity contribution is -0.273. The molecule has 0 bridgehead atoms. The molecule has 1 aliphatic rings. The first-order chi connectivity index (χ1) is 10.2. The van der Waals surface area contributed by atoms with Crippen molar-refractivity contribution in [1.29, 1.82) is 0 Å². The van der Waals surface area contributed by atoms with Crippen molar-refractivity contribution in [2.45, 2.75) is 44.0 Å². The number of hydrogen-bond donors (Lipinski definition) is 2. The van der Waals surface area contributed by atoms with E-state index in [-0.39, 0.29) is 11.8 Å². The van der Waals surface area contributed by atoms with E-state index >= 15 is 0 Å². The second-order valence-electron chi connectivity index (χ2n) is 5.43. The molecule has 2 N–H and O–H groups in total. The predicted octanol–water partition coefficient (Wildman–Crippen LogP) is 2.74. The van der Waals surface area contributed by atoms with E-state index in [2.05, 4.69) is 5.32 Å². The fraction of sp³-hybridized carbons (Fsp3) is 0.643. The Morgan fingerprint density at radius 3 is 2.73 bits per heavy atom. The molecular weight excluding hydrogens is 319 g/mol. The summed E-state index contributed by atoms with van der Waals surface area (Å²) >= 11 is 1.65. The van der Waals surface area contributed by atoms with Gasteiger partial charge in [0.1, 0.15) is 11.5 Å². The third kappa shape index (κ3) is 3.78. The van der Waals surface area contributed by atoms with Crippen LogP contribution in [0, 0.1) is 6.92 Å². The van der Waals surface area contributed by atoms with E-state index in [1.807, 2.05) is 0 Å². The van der Waals surface area contributed by atoms with E-state index in [9.17, 15) is 23.1 Å². The molecule has 1 aromatic rings. The van der Waals surface area contributed by atoms with Crippen LogP contribution in [0.4, 0.5) is 13.2 Å².